The van der Waals surface area contributed by atoms with Gasteiger partial charge in [0.15, 0.2) is 20.0 Å². The van der Waals surface area contributed by atoms with Crippen LogP contribution < -0.4 is 31.7 Å². The molecule has 4 fully saturated rings. The number of piperazine rings is 4. The molecule has 12 heterocycles. The number of primary sulfonamides is 1. The fourth-order valence-corrected chi connectivity index (χ4v) is 20.5. The van der Waals surface area contributed by atoms with Crippen molar-refractivity contribution in [3.63, 3.8) is 0 Å². The summed E-state index contributed by atoms with van der Waals surface area (Å²) in [6.07, 6.45) is 7.67. The molecule has 0 spiro atoms. The zero-order valence-electron chi connectivity index (χ0n) is 74.4. The van der Waals surface area contributed by atoms with Gasteiger partial charge in [-0.25, -0.2) is 73.4 Å². The van der Waals surface area contributed by atoms with Crippen LogP contribution >= 0.6 is 45.3 Å². The van der Waals surface area contributed by atoms with Crippen molar-refractivity contribution in [3.8, 4) is 0 Å². The van der Waals surface area contributed by atoms with Crippen molar-refractivity contribution >= 4 is 239 Å². The normalized spacial score (nSPS) is 14.1. The minimum Gasteiger partial charge on any atom is -0.339 e. The number of Topliss-reactive ketones (excluding diaryl/α,β-unsaturated/α-hetero) is 2. The maximum absolute atomic E-state index is 13.1. The number of aromatic nitrogens is 12. The van der Waals surface area contributed by atoms with Crippen molar-refractivity contribution < 1.29 is 51.6 Å². The highest BCUT2D eigenvalue weighted by atomic mass is 32.2. The number of thiazole rings is 4. The van der Waals surface area contributed by atoms with Crippen molar-refractivity contribution in [2.45, 2.75) is 66.2 Å². The first kappa shape index (κ1) is 92.2. The number of rotatable bonds is 17. The molecule has 8 aromatic heterocycles. The molecule has 16 aromatic rings. The highest BCUT2D eigenvalue weighted by molar-refractivity contribution is 7.89. The molecule has 0 aliphatic carbocycles. The number of hydrogen-bond acceptors (Lipinski definition) is 32. The van der Waals surface area contributed by atoms with Gasteiger partial charge in [0.2, 0.25) is 51.5 Å². The highest BCUT2D eigenvalue weighted by Crippen LogP contribution is 2.37. The molecule has 4 saturated heterocycles. The van der Waals surface area contributed by atoms with Crippen LogP contribution in [0.4, 0.5) is 46.5 Å². The van der Waals surface area contributed by atoms with E-state index in [1.807, 2.05) is 102 Å². The third kappa shape index (κ3) is 21.7. The number of sulfonamides is 1. The molecule has 8 aromatic carbocycles. The molecule has 0 unspecified atom stereocenters. The molecule has 41 heteroatoms. The van der Waals surface area contributed by atoms with E-state index in [9.17, 15) is 51.6 Å². The summed E-state index contributed by atoms with van der Waals surface area (Å²) in [5.74, 6) is 1.46. The third-order valence-corrected chi connectivity index (χ3v) is 27.8. The van der Waals surface area contributed by atoms with Crippen LogP contribution in [0, 0.1) is 13.8 Å². The molecule has 4 aliphatic rings. The average molecular weight is 1910 g/mol. The van der Waals surface area contributed by atoms with Gasteiger partial charge in [-0.3, -0.25) is 43.2 Å². The maximum atomic E-state index is 13.1. The Hall–Kier alpha value is -14.6. The summed E-state index contributed by atoms with van der Waals surface area (Å²) < 4.78 is 26.7. The number of benzene rings is 8. The molecule has 0 atom stereocenters. The van der Waals surface area contributed by atoms with Crippen molar-refractivity contribution in [2.24, 2.45) is 5.14 Å². The summed E-state index contributed by atoms with van der Waals surface area (Å²) in [6.45, 7) is 21.0. The Balaban J connectivity index is 0.000000125. The number of nitrogens with two attached hydrogens (primary N) is 1. The van der Waals surface area contributed by atoms with Gasteiger partial charge in [-0.2, -0.15) is 0 Å². The van der Waals surface area contributed by atoms with Crippen LogP contribution in [0.2, 0.25) is 0 Å². The van der Waals surface area contributed by atoms with Crippen LogP contribution in [0.15, 0.2) is 169 Å². The molecule has 0 bridgehead atoms. The van der Waals surface area contributed by atoms with E-state index in [2.05, 4.69) is 108 Å². The van der Waals surface area contributed by atoms with E-state index in [1.54, 1.807) is 94.0 Å². The lowest BCUT2D eigenvalue weighted by Crippen LogP contribution is -2.50. The molecule has 36 nitrogen and oxygen atoms in total. The zero-order valence-corrected chi connectivity index (χ0v) is 78.5. The molecule has 0 saturated carbocycles. The molecule has 135 heavy (non-hydrogen) atoms. The summed E-state index contributed by atoms with van der Waals surface area (Å²) in [5.41, 5.74) is 12.7. The van der Waals surface area contributed by atoms with E-state index in [-0.39, 0.29) is 63.8 Å². The Labute approximate surface area is 789 Å². The Morgan fingerprint density at radius 2 is 0.674 bits per heavy atom. The molecule has 20 rings (SSSR count). The largest absolute Gasteiger partial charge is 0.339 e. The van der Waals surface area contributed by atoms with Gasteiger partial charge in [-0.15, -0.1) is 45.3 Å². The van der Waals surface area contributed by atoms with Crippen LogP contribution in [0.1, 0.15) is 96.1 Å². The van der Waals surface area contributed by atoms with Crippen molar-refractivity contribution in [3.05, 3.63) is 207 Å². The van der Waals surface area contributed by atoms with Gasteiger partial charge in [-0.05, 0) is 153 Å². The maximum Gasteiger partial charge on any atom is 0.282 e. The predicted octanol–water partition coefficient (Wildman–Crippen LogP) is 12.4. The van der Waals surface area contributed by atoms with Gasteiger partial charge < -0.3 is 60.9 Å². The Kier molecular flexibility index (Phi) is 27.4. The first-order valence-corrected chi connectivity index (χ1v) is 48.2. The first-order chi connectivity index (χ1) is 65.0. The van der Waals surface area contributed by atoms with E-state index in [0.29, 0.717) is 170 Å². The monoisotopic (exact) mass is 1910 g/mol. The second-order valence-corrected chi connectivity index (χ2v) is 38.4. The number of amides is 7. The van der Waals surface area contributed by atoms with Crippen molar-refractivity contribution in [2.75, 3.05) is 126 Å². The van der Waals surface area contributed by atoms with Crippen LogP contribution in [0.3, 0.4) is 0 Å². The quantitative estimate of drug-likeness (QED) is 0.0493. The second-order valence-electron chi connectivity index (χ2n) is 32.8. The van der Waals surface area contributed by atoms with Gasteiger partial charge in [0.05, 0.1) is 45.8 Å². The Bertz CT molecular complexity index is 7490. The summed E-state index contributed by atoms with van der Waals surface area (Å²) in [4.78, 5) is 177. The van der Waals surface area contributed by atoms with E-state index < -0.39 is 10.0 Å². The van der Waals surface area contributed by atoms with Gasteiger partial charge >= 0.3 is 0 Å². The number of nitrogens with zero attached hydrogens (tertiary/aromatic N) is 19. The van der Waals surface area contributed by atoms with E-state index in [0.717, 1.165) is 115 Å². The van der Waals surface area contributed by atoms with Crippen LogP contribution in [-0.4, -0.2) is 260 Å². The molecular weight excluding hydrogens is 1820 g/mol. The minimum absolute atomic E-state index is 0.00373. The summed E-state index contributed by atoms with van der Waals surface area (Å²) >= 11 is 5.36. The van der Waals surface area contributed by atoms with Gasteiger partial charge in [0.25, 0.3) is 23.6 Å². The minimum atomic E-state index is -3.85. The number of hydrogen-bond donors (Lipinski definition) is 6. The average Bonchev–Trinajstić information content (AvgIpc) is 1.65. The first-order valence-electron chi connectivity index (χ1n) is 43.4. The van der Waals surface area contributed by atoms with Crippen LogP contribution in [0.5, 0.6) is 0 Å². The summed E-state index contributed by atoms with van der Waals surface area (Å²) in [7, 11) is -3.85. The second kappa shape index (κ2) is 40.1. The highest BCUT2D eigenvalue weighted by Gasteiger charge is 2.31. The number of fused-ring (bicyclic) bond motifs is 12. The van der Waals surface area contributed by atoms with Crippen molar-refractivity contribution in [1.82, 2.24) is 99.4 Å². The van der Waals surface area contributed by atoms with Crippen LogP contribution in [0.25, 0.3) is 84.5 Å². The van der Waals surface area contributed by atoms with E-state index in [4.69, 9.17) is 15.1 Å². The van der Waals surface area contributed by atoms with Gasteiger partial charge in [-0.1, -0.05) is 36.4 Å². The van der Waals surface area contributed by atoms with E-state index >= 15 is 0 Å². The fraction of sp³-hybridized carbons (Fsp3) is 0.266. The molecular formula is C94H91N25O11S5. The predicted molar refractivity (Wildman–Crippen MR) is 523 cm³/mol. The number of carbonyl (C=O) groups is 9. The Morgan fingerprint density at radius 1 is 0.348 bits per heavy atom. The standard InChI is InChI=1S/C25H24N6O3S.C24H24N6O2S.C23H22N6O2S.C22H21N7O4S2/c1-15(32)12-17-4-3-5-19(13-17)27-25-26-14-18-6-7-20-22(21(18)29-25)28-23(35-20)24(34)31-10-8-30(9-11-31)16(2)33;1-14-10-15(2)12-18(11-14)26-24-25-13-17-4-5-19-21(20(17)28-24)33-22(27-19)23(32)30-8-6-29(7-9-30)16(3)31;1-14(30)11-15-3-2-4-17(12-15)26-23-25-13-16-5-6-18-20(19(16)28-23)32-21(27-18)22(31)29-9-7-24-8-10-29;1-13(30)28-7-9-29(10-8-28)21(31)20-26-19-17(34-20)6-5-14-12-24-22(27-18(14)19)25-15-3-2-4-16(11-15)35(23,32)33/h3-7,13-14H,8-12H2,1-2H3,(H,26,27,29);4-5,10-13H,6-9H2,1-3H3,(H,25,26,28);2-6,12-13,24H,7-11H2,1H3,(H,25,26,28);2-6,11-12H,7-10H2,1H3,(H2,23,32,33)(H,24,25,27). The summed E-state index contributed by atoms with van der Waals surface area (Å²) in [5, 5.41) is 26.2. The molecule has 7 N–H and O–H groups in total. The number of carbonyl (C=O) groups excluding carboxylic acids is 9. The topological polar surface area (TPSA) is 451 Å². The lowest BCUT2D eigenvalue weighted by atomic mass is 10.1. The lowest BCUT2D eigenvalue weighted by Gasteiger charge is -2.33. The molecule has 0 radical (unpaired) electrons. The smallest absolute Gasteiger partial charge is 0.282 e. The number of anilines is 8. The Morgan fingerprint density at radius 3 is 1.04 bits per heavy atom. The SMILES string of the molecule is CC(=O)Cc1cccc(Nc2ncc3ccc4nc(C(=O)N5CCNCC5)sc4c3n2)c1.CC(=O)Cc1cccc(Nc2ncc3ccc4sc(C(=O)N5CCN(C(C)=O)CC5)nc4c3n2)c1.CC(=O)N1CCN(C(=O)c2nc3c(ccc4cnc(Nc5cccc(S(N)(=O)=O)c5)nc43)s2)CC1.CC(=O)N1CCN(C(=O)c2nc3ccc4cnc(Nc5cc(C)cc(C)c5)nc4c3s2)CC1. The van der Waals surface area contributed by atoms with Gasteiger partial charge in [0, 0.05) is 207 Å². The van der Waals surface area contributed by atoms with Gasteiger partial charge in [0.1, 0.15) is 33.6 Å². The summed E-state index contributed by atoms with van der Waals surface area (Å²) in [6, 6.07) is 42.8. The van der Waals surface area contributed by atoms with E-state index in [1.165, 1.54) is 64.4 Å². The number of aryl methyl sites for hydroxylation is 2. The van der Waals surface area contributed by atoms with Crippen LogP contribution in [-0.2, 0) is 46.8 Å². The molecule has 688 valence electrons. The molecule has 7 amide bonds. The molecule has 4 aliphatic heterocycles. The number of ketones is 2. The third-order valence-electron chi connectivity index (χ3n) is 22.8. The lowest BCUT2D eigenvalue weighted by molar-refractivity contribution is -0.131. The fourth-order valence-electron chi connectivity index (χ4n) is 16.0. The van der Waals surface area contributed by atoms with Crippen molar-refractivity contribution in [1.29, 1.82) is 0 Å². The zero-order chi connectivity index (χ0) is 94.5. The number of nitrogens with one attached hydrogen (secondary N) is 5.